The Morgan fingerprint density at radius 2 is 1.68 bits per heavy atom. The van der Waals surface area contributed by atoms with Crippen LogP contribution in [0.1, 0.15) is 31.2 Å². The van der Waals surface area contributed by atoms with E-state index >= 15 is 0 Å². The van der Waals surface area contributed by atoms with Crippen LogP contribution in [-0.2, 0) is 6.42 Å². The second kappa shape index (κ2) is 7.92. The van der Waals surface area contributed by atoms with Gasteiger partial charge in [-0.3, -0.25) is 19.6 Å². The minimum Gasteiger partial charge on any atom is -0.366 e. The highest BCUT2D eigenvalue weighted by Gasteiger charge is 2.40. The molecule has 1 amide bonds. The molecule has 9 heteroatoms. The molecule has 2 aromatic carbocycles. The van der Waals surface area contributed by atoms with Crippen LogP contribution < -0.4 is 5.73 Å². The molecule has 0 atom stereocenters. The van der Waals surface area contributed by atoms with Gasteiger partial charge in [-0.15, -0.1) is 11.3 Å². The number of aromatic nitrogens is 2. The Labute approximate surface area is 178 Å². The van der Waals surface area contributed by atoms with Gasteiger partial charge in [-0.2, -0.15) is 13.2 Å². The number of Topliss-reactive ketones (excluding diaryl/α,β-unsaturated/α-hetero) is 1. The summed E-state index contributed by atoms with van der Waals surface area (Å²) in [7, 11) is 0. The van der Waals surface area contributed by atoms with E-state index in [1.54, 1.807) is 30.6 Å². The Balaban J connectivity index is 1.71. The standard InChI is InChI=1S/C22H14F3N3O2S/c23-22(24,25)20(29)19-6-5-18(31-19)13-2-3-15(21(26)30)14(11-13)9-12-1-4-16-17(10-12)28-8-7-27-16/h1-8,10-11H,9H2,(H2,26,30). The molecule has 4 rings (SSSR count). The topological polar surface area (TPSA) is 85.9 Å². The van der Waals surface area contributed by atoms with Crippen LogP contribution >= 0.6 is 11.3 Å². The summed E-state index contributed by atoms with van der Waals surface area (Å²) in [5, 5.41) is 0. The number of alkyl halides is 3. The van der Waals surface area contributed by atoms with E-state index in [-0.39, 0.29) is 0 Å². The fourth-order valence-corrected chi connectivity index (χ4v) is 4.19. The van der Waals surface area contributed by atoms with E-state index in [1.165, 1.54) is 6.07 Å². The van der Waals surface area contributed by atoms with Crippen molar-refractivity contribution in [3.63, 3.8) is 0 Å². The average molecular weight is 441 g/mol. The number of carbonyl (C=O) groups is 2. The van der Waals surface area contributed by atoms with Crippen molar-refractivity contribution in [3.05, 3.63) is 82.5 Å². The van der Waals surface area contributed by atoms with Crippen molar-refractivity contribution in [2.75, 3.05) is 0 Å². The molecule has 0 saturated carbocycles. The third-order valence-electron chi connectivity index (χ3n) is 4.67. The van der Waals surface area contributed by atoms with Gasteiger partial charge in [0, 0.05) is 22.8 Å². The minimum absolute atomic E-state index is 0.311. The van der Waals surface area contributed by atoms with Crippen molar-refractivity contribution < 1.29 is 22.8 Å². The molecule has 2 aromatic heterocycles. The summed E-state index contributed by atoms with van der Waals surface area (Å²) < 4.78 is 38.1. The summed E-state index contributed by atoms with van der Waals surface area (Å²) in [6.07, 6.45) is -1.39. The fraction of sp³-hybridized carbons (Fsp3) is 0.0909. The summed E-state index contributed by atoms with van der Waals surface area (Å²) in [6, 6.07) is 13.0. The van der Waals surface area contributed by atoms with Crippen LogP contribution in [0.4, 0.5) is 13.2 Å². The lowest BCUT2D eigenvalue weighted by atomic mass is 9.96. The first-order valence-corrected chi connectivity index (χ1v) is 9.88. The molecule has 2 heterocycles. The Morgan fingerprint density at radius 3 is 2.39 bits per heavy atom. The highest BCUT2D eigenvalue weighted by Crippen LogP contribution is 2.33. The largest absolute Gasteiger partial charge is 0.455 e. The molecule has 4 aromatic rings. The number of carbonyl (C=O) groups excluding carboxylic acids is 2. The number of hydrogen-bond acceptors (Lipinski definition) is 5. The number of thiophene rings is 1. The van der Waals surface area contributed by atoms with Gasteiger partial charge in [0.1, 0.15) is 0 Å². The first-order chi connectivity index (χ1) is 14.7. The molecule has 5 nitrogen and oxygen atoms in total. The summed E-state index contributed by atoms with van der Waals surface area (Å²) in [4.78, 5) is 32.0. The van der Waals surface area contributed by atoms with Crippen molar-refractivity contribution in [3.8, 4) is 10.4 Å². The smallest absolute Gasteiger partial charge is 0.366 e. The third-order valence-corrected chi connectivity index (χ3v) is 5.80. The number of hydrogen-bond donors (Lipinski definition) is 1. The first-order valence-electron chi connectivity index (χ1n) is 9.06. The van der Waals surface area contributed by atoms with Crippen LogP contribution in [0.3, 0.4) is 0 Å². The first kappa shape index (κ1) is 20.7. The molecule has 0 saturated heterocycles. The Bertz CT molecular complexity index is 1310. The molecule has 0 aliphatic heterocycles. The Morgan fingerprint density at radius 1 is 0.935 bits per heavy atom. The number of ketones is 1. The van der Waals surface area contributed by atoms with Gasteiger partial charge in [0.2, 0.25) is 5.91 Å². The molecular formula is C22H14F3N3O2S. The van der Waals surface area contributed by atoms with Crippen LogP contribution in [0, 0.1) is 0 Å². The second-order valence-corrected chi connectivity index (χ2v) is 7.87. The van der Waals surface area contributed by atoms with Gasteiger partial charge in [-0.05, 0) is 59.5 Å². The SMILES string of the molecule is NC(=O)c1ccc(-c2ccc(C(=O)C(F)(F)F)s2)cc1Cc1ccc2nccnc2c1. The van der Waals surface area contributed by atoms with E-state index in [9.17, 15) is 22.8 Å². The number of nitrogens with two attached hydrogens (primary N) is 1. The zero-order chi connectivity index (χ0) is 22.2. The van der Waals surface area contributed by atoms with Gasteiger partial charge < -0.3 is 5.73 Å². The van der Waals surface area contributed by atoms with Crippen molar-refractivity contribution in [2.45, 2.75) is 12.6 Å². The molecule has 0 fully saturated rings. The normalized spacial score (nSPS) is 11.6. The minimum atomic E-state index is -4.93. The molecule has 0 radical (unpaired) electrons. The predicted octanol–water partition coefficient (Wildman–Crippen LogP) is 4.79. The number of nitrogens with zero attached hydrogens (tertiary/aromatic N) is 2. The van der Waals surface area contributed by atoms with Gasteiger partial charge in [-0.25, -0.2) is 0 Å². The summed E-state index contributed by atoms with van der Waals surface area (Å²) in [5.74, 6) is -2.49. The molecule has 2 N–H and O–H groups in total. The number of fused-ring (bicyclic) bond motifs is 1. The monoisotopic (exact) mass is 441 g/mol. The van der Waals surface area contributed by atoms with Crippen LogP contribution in [0.2, 0.25) is 0 Å². The number of benzene rings is 2. The zero-order valence-electron chi connectivity index (χ0n) is 15.8. The van der Waals surface area contributed by atoms with Crippen LogP contribution in [0.15, 0.2) is 60.9 Å². The highest BCUT2D eigenvalue weighted by molar-refractivity contribution is 7.17. The van der Waals surface area contributed by atoms with E-state index in [1.807, 2.05) is 18.2 Å². The maximum Gasteiger partial charge on any atom is 0.455 e. The van der Waals surface area contributed by atoms with E-state index < -0.39 is 22.7 Å². The predicted molar refractivity (Wildman–Crippen MR) is 111 cm³/mol. The molecule has 31 heavy (non-hydrogen) atoms. The van der Waals surface area contributed by atoms with Crippen molar-refractivity contribution >= 4 is 34.1 Å². The molecule has 0 aliphatic carbocycles. The summed E-state index contributed by atoms with van der Waals surface area (Å²) in [6.45, 7) is 0. The highest BCUT2D eigenvalue weighted by atomic mass is 32.1. The van der Waals surface area contributed by atoms with Crippen LogP contribution in [0.5, 0.6) is 0 Å². The van der Waals surface area contributed by atoms with Gasteiger partial charge in [0.05, 0.1) is 15.9 Å². The number of rotatable bonds is 5. The Hall–Kier alpha value is -3.59. The number of amides is 1. The van der Waals surface area contributed by atoms with Crippen molar-refractivity contribution in [2.24, 2.45) is 5.73 Å². The molecule has 0 unspecified atom stereocenters. The third kappa shape index (κ3) is 4.31. The van der Waals surface area contributed by atoms with Crippen molar-refractivity contribution in [1.29, 1.82) is 0 Å². The molecule has 0 spiro atoms. The van der Waals surface area contributed by atoms with E-state index in [4.69, 9.17) is 5.73 Å². The quantitative estimate of drug-likeness (QED) is 0.451. The summed E-state index contributed by atoms with van der Waals surface area (Å²) in [5.41, 5.74) is 9.33. The van der Waals surface area contributed by atoms with Crippen molar-refractivity contribution in [1.82, 2.24) is 9.97 Å². The second-order valence-electron chi connectivity index (χ2n) is 6.78. The van der Waals surface area contributed by atoms with E-state index in [0.29, 0.717) is 33.5 Å². The maximum absolute atomic E-state index is 12.7. The Kier molecular flexibility index (Phi) is 5.28. The molecule has 156 valence electrons. The zero-order valence-corrected chi connectivity index (χ0v) is 16.6. The number of primary amides is 1. The number of halogens is 3. The van der Waals surface area contributed by atoms with Gasteiger partial charge in [0.15, 0.2) is 0 Å². The van der Waals surface area contributed by atoms with E-state index in [0.717, 1.165) is 28.5 Å². The maximum atomic E-state index is 12.7. The lowest BCUT2D eigenvalue weighted by Crippen LogP contribution is -2.21. The molecular weight excluding hydrogens is 427 g/mol. The fourth-order valence-electron chi connectivity index (χ4n) is 3.23. The lowest BCUT2D eigenvalue weighted by Gasteiger charge is -2.10. The van der Waals surface area contributed by atoms with Gasteiger partial charge >= 0.3 is 6.18 Å². The van der Waals surface area contributed by atoms with E-state index in [2.05, 4.69) is 9.97 Å². The average Bonchev–Trinajstić information content (AvgIpc) is 3.22. The van der Waals surface area contributed by atoms with Crippen LogP contribution in [0.25, 0.3) is 21.5 Å². The summed E-state index contributed by atoms with van der Waals surface area (Å²) >= 11 is 0.748. The van der Waals surface area contributed by atoms with Gasteiger partial charge in [0.25, 0.3) is 5.78 Å². The molecule has 0 aliphatic rings. The lowest BCUT2D eigenvalue weighted by molar-refractivity contribution is -0.0882. The molecule has 0 bridgehead atoms. The van der Waals surface area contributed by atoms with Crippen LogP contribution in [-0.4, -0.2) is 27.8 Å². The van der Waals surface area contributed by atoms with Gasteiger partial charge in [-0.1, -0.05) is 12.1 Å².